The fraction of sp³-hybridized carbons (Fsp3) is 0.538. The standard InChI is InChI=1S/C13H16ClN3OS2/c1-2-9-7-10-11(16-13(14)17-12(10)19-9)15-8-3-5-20(18)6-4-8/h7-8H,2-6H2,1H3,(H,15,16,17). The number of rotatable bonds is 3. The highest BCUT2D eigenvalue weighted by Gasteiger charge is 2.20. The van der Waals surface area contributed by atoms with Crippen LogP contribution in [0.4, 0.5) is 5.82 Å². The van der Waals surface area contributed by atoms with E-state index < -0.39 is 10.8 Å². The summed E-state index contributed by atoms with van der Waals surface area (Å²) in [6.07, 6.45) is 2.82. The molecule has 3 rings (SSSR count). The summed E-state index contributed by atoms with van der Waals surface area (Å²) in [6.45, 7) is 2.13. The number of halogens is 1. The van der Waals surface area contributed by atoms with Gasteiger partial charge in [0.25, 0.3) is 0 Å². The predicted octanol–water partition coefficient (Wildman–Crippen LogP) is 3.23. The van der Waals surface area contributed by atoms with Crippen LogP contribution < -0.4 is 5.32 Å². The van der Waals surface area contributed by atoms with Crippen molar-refractivity contribution in [3.63, 3.8) is 0 Å². The Kier molecular flexibility index (Phi) is 4.23. The van der Waals surface area contributed by atoms with Gasteiger partial charge in [-0.2, -0.15) is 0 Å². The van der Waals surface area contributed by atoms with Gasteiger partial charge in [0, 0.05) is 33.2 Å². The third-order valence-electron chi connectivity index (χ3n) is 3.49. The Balaban J connectivity index is 1.89. The normalized spacial score (nSPS) is 23.1. The van der Waals surface area contributed by atoms with Crippen molar-refractivity contribution in [2.75, 3.05) is 16.8 Å². The Morgan fingerprint density at radius 1 is 1.45 bits per heavy atom. The number of hydrogen-bond acceptors (Lipinski definition) is 5. The van der Waals surface area contributed by atoms with Crippen LogP contribution in [0.1, 0.15) is 24.6 Å². The van der Waals surface area contributed by atoms with Crippen molar-refractivity contribution in [3.05, 3.63) is 16.2 Å². The first-order valence-electron chi connectivity index (χ1n) is 6.73. The van der Waals surface area contributed by atoms with Gasteiger partial charge in [-0.1, -0.05) is 6.92 Å². The maximum Gasteiger partial charge on any atom is 0.225 e. The SMILES string of the molecule is CCc1cc2c(NC3CCS(=O)CC3)nc(Cl)nc2s1. The summed E-state index contributed by atoms with van der Waals surface area (Å²) in [7, 11) is -0.644. The molecule has 0 spiro atoms. The summed E-state index contributed by atoms with van der Waals surface area (Å²) < 4.78 is 11.4. The number of aryl methyl sites for hydroxylation is 1. The van der Waals surface area contributed by atoms with Crippen LogP contribution in [0.5, 0.6) is 0 Å². The van der Waals surface area contributed by atoms with E-state index in [0.29, 0.717) is 6.04 Å². The first kappa shape index (κ1) is 14.2. The second kappa shape index (κ2) is 5.95. The molecular weight excluding hydrogens is 314 g/mol. The largest absolute Gasteiger partial charge is 0.367 e. The molecule has 2 aromatic heterocycles. The zero-order chi connectivity index (χ0) is 14.1. The van der Waals surface area contributed by atoms with Crippen molar-refractivity contribution < 1.29 is 4.21 Å². The van der Waals surface area contributed by atoms with Gasteiger partial charge in [-0.05, 0) is 36.9 Å². The second-order valence-electron chi connectivity index (χ2n) is 4.89. The zero-order valence-electron chi connectivity index (χ0n) is 11.2. The van der Waals surface area contributed by atoms with Gasteiger partial charge in [0.05, 0.1) is 5.39 Å². The summed E-state index contributed by atoms with van der Waals surface area (Å²) >= 11 is 7.68. The first-order chi connectivity index (χ1) is 9.65. The molecule has 1 saturated heterocycles. The molecule has 1 aliphatic rings. The monoisotopic (exact) mass is 329 g/mol. The number of nitrogens with one attached hydrogen (secondary N) is 1. The number of hydrogen-bond donors (Lipinski definition) is 1. The summed E-state index contributed by atoms with van der Waals surface area (Å²) in [5, 5.41) is 4.79. The number of aromatic nitrogens is 2. The smallest absolute Gasteiger partial charge is 0.225 e. The average Bonchev–Trinajstić information content (AvgIpc) is 2.84. The molecule has 1 aliphatic heterocycles. The molecule has 7 heteroatoms. The van der Waals surface area contributed by atoms with Crippen LogP contribution in [0.3, 0.4) is 0 Å². The highest BCUT2D eigenvalue weighted by Crippen LogP contribution is 2.31. The maximum absolute atomic E-state index is 11.4. The number of anilines is 1. The van der Waals surface area contributed by atoms with Crippen molar-refractivity contribution in [2.45, 2.75) is 32.2 Å². The highest BCUT2D eigenvalue weighted by molar-refractivity contribution is 7.85. The molecule has 0 unspecified atom stereocenters. The Labute approximate surface area is 129 Å². The number of thiophene rings is 1. The van der Waals surface area contributed by atoms with Gasteiger partial charge in [-0.15, -0.1) is 11.3 Å². The van der Waals surface area contributed by atoms with Gasteiger partial charge in [0.2, 0.25) is 5.28 Å². The molecule has 1 N–H and O–H groups in total. The molecular formula is C13H16ClN3OS2. The van der Waals surface area contributed by atoms with Crippen molar-refractivity contribution in [2.24, 2.45) is 0 Å². The van der Waals surface area contributed by atoms with E-state index in [4.69, 9.17) is 11.6 Å². The zero-order valence-corrected chi connectivity index (χ0v) is 13.6. The maximum atomic E-state index is 11.4. The second-order valence-corrected chi connectivity index (χ2v) is 8.04. The lowest BCUT2D eigenvalue weighted by Gasteiger charge is -2.23. The number of nitrogens with zero attached hydrogens (tertiary/aromatic N) is 2. The van der Waals surface area contributed by atoms with E-state index in [-0.39, 0.29) is 5.28 Å². The van der Waals surface area contributed by atoms with Gasteiger partial charge < -0.3 is 5.32 Å². The van der Waals surface area contributed by atoms with Gasteiger partial charge in [0.15, 0.2) is 0 Å². The fourth-order valence-corrected chi connectivity index (χ4v) is 4.85. The van der Waals surface area contributed by atoms with E-state index in [2.05, 4.69) is 28.3 Å². The van der Waals surface area contributed by atoms with E-state index in [9.17, 15) is 4.21 Å². The molecule has 4 nitrogen and oxygen atoms in total. The van der Waals surface area contributed by atoms with Crippen molar-refractivity contribution in [1.29, 1.82) is 0 Å². The molecule has 20 heavy (non-hydrogen) atoms. The lowest BCUT2D eigenvalue weighted by Crippen LogP contribution is -2.29. The molecule has 1 fully saturated rings. The van der Waals surface area contributed by atoms with E-state index in [1.54, 1.807) is 11.3 Å². The summed E-state index contributed by atoms with van der Waals surface area (Å²) in [5.41, 5.74) is 0. The molecule has 2 aromatic rings. The lowest BCUT2D eigenvalue weighted by molar-refractivity contribution is 0.623. The van der Waals surface area contributed by atoms with Crippen LogP contribution in [-0.4, -0.2) is 31.7 Å². The van der Waals surface area contributed by atoms with Crippen LogP contribution in [0.15, 0.2) is 6.07 Å². The van der Waals surface area contributed by atoms with Crippen LogP contribution in [0.25, 0.3) is 10.2 Å². The Hall–Kier alpha value is -0.720. The van der Waals surface area contributed by atoms with E-state index in [0.717, 1.165) is 46.8 Å². The van der Waals surface area contributed by atoms with Crippen molar-refractivity contribution in [3.8, 4) is 0 Å². The van der Waals surface area contributed by atoms with Gasteiger partial charge >= 0.3 is 0 Å². The molecule has 0 radical (unpaired) electrons. The van der Waals surface area contributed by atoms with E-state index in [1.165, 1.54) is 4.88 Å². The van der Waals surface area contributed by atoms with Crippen molar-refractivity contribution in [1.82, 2.24) is 9.97 Å². The average molecular weight is 330 g/mol. The predicted molar refractivity (Wildman–Crippen MR) is 86.3 cm³/mol. The molecule has 0 aromatic carbocycles. The summed E-state index contributed by atoms with van der Waals surface area (Å²) in [4.78, 5) is 10.8. The topological polar surface area (TPSA) is 54.9 Å². The lowest BCUT2D eigenvalue weighted by atomic mass is 10.1. The highest BCUT2D eigenvalue weighted by atomic mass is 35.5. The summed E-state index contributed by atoms with van der Waals surface area (Å²) in [5.74, 6) is 2.35. The Morgan fingerprint density at radius 2 is 2.20 bits per heavy atom. The third-order valence-corrected chi connectivity index (χ3v) is 6.22. The quantitative estimate of drug-likeness (QED) is 0.878. The van der Waals surface area contributed by atoms with Gasteiger partial charge in [-0.25, -0.2) is 9.97 Å². The Bertz CT molecular complexity index is 648. The molecule has 3 heterocycles. The minimum Gasteiger partial charge on any atom is -0.367 e. The molecule has 0 atom stereocenters. The molecule has 0 amide bonds. The van der Waals surface area contributed by atoms with Gasteiger partial charge in [0.1, 0.15) is 10.6 Å². The molecule has 0 bridgehead atoms. The first-order valence-corrected chi connectivity index (χ1v) is 9.41. The minimum atomic E-state index is -0.644. The van der Waals surface area contributed by atoms with E-state index >= 15 is 0 Å². The summed E-state index contributed by atoms with van der Waals surface area (Å²) in [6, 6.07) is 2.46. The number of fused-ring (bicyclic) bond motifs is 1. The minimum absolute atomic E-state index is 0.281. The Morgan fingerprint density at radius 3 is 2.90 bits per heavy atom. The molecule has 0 aliphatic carbocycles. The fourth-order valence-electron chi connectivity index (χ4n) is 2.36. The van der Waals surface area contributed by atoms with E-state index in [1.807, 2.05) is 0 Å². The van der Waals surface area contributed by atoms with Crippen LogP contribution in [-0.2, 0) is 17.2 Å². The van der Waals surface area contributed by atoms with Crippen LogP contribution in [0, 0.1) is 0 Å². The third kappa shape index (κ3) is 2.97. The molecule has 0 saturated carbocycles. The molecule has 108 valence electrons. The van der Waals surface area contributed by atoms with Crippen molar-refractivity contribution >= 4 is 49.8 Å². The van der Waals surface area contributed by atoms with Crippen LogP contribution >= 0.6 is 22.9 Å². The van der Waals surface area contributed by atoms with Crippen LogP contribution in [0.2, 0.25) is 5.28 Å². The van der Waals surface area contributed by atoms with Gasteiger partial charge in [-0.3, -0.25) is 4.21 Å².